The molecule has 2 aromatic rings. The number of ether oxygens (including phenoxy) is 2. The van der Waals surface area contributed by atoms with Crippen LogP contribution in [0.25, 0.3) is 0 Å². The maximum atomic E-state index is 12.5. The minimum Gasteiger partial charge on any atom is -0.497 e. The molecule has 0 spiro atoms. The number of aromatic carboxylic acids is 1. The molecule has 2 N–H and O–H groups in total. The molecule has 0 saturated heterocycles. The summed E-state index contributed by atoms with van der Waals surface area (Å²) in [5.41, 5.74) is 1.85. The summed E-state index contributed by atoms with van der Waals surface area (Å²) < 4.78 is 10.6. The summed E-state index contributed by atoms with van der Waals surface area (Å²) in [6.45, 7) is 3.57. The molecule has 2 rings (SSSR count). The summed E-state index contributed by atoms with van der Waals surface area (Å²) in [4.78, 5) is 23.7. The van der Waals surface area contributed by atoms with Crippen LogP contribution in [-0.4, -0.2) is 31.2 Å². The van der Waals surface area contributed by atoms with Crippen molar-refractivity contribution in [2.75, 3.05) is 14.2 Å². The van der Waals surface area contributed by atoms with Crippen LogP contribution in [0.2, 0.25) is 0 Å². The molecule has 1 atom stereocenters. The van der Waals surface area contributed by atoms with Gasteiger partial charge in [-0.15, -0.1) is 0 Å². The Labute approximate surface area is 146 Å². The lowest BCUT2D eigenvalue weighted by Gasteiger charge is -2.18. The van der Waals surface area contributed by atoms with Crippen molar-refractivity contribution in [1.29, 1.82) is 0 Å². The SMILES string of the molecule is COc1ccc(OC)c(C(C)NC(=O)c2cc(C)cc(C(=O)O)c2)c1. The number of carbonyl (C=O) groups excluding carboxylic acids is 1. The molecule has 0 radical (unpaired) electrons. The first-order valence-corrected chi connectivity index (χ1v) is 7.73. The fourth-order valence-corrected chi connectivity index (χ4v) is 2.57. The quantitative estimate of drug-likeness (QED) is 0.841. The van der Waals surface area contributed by atoms with Crippen LogP contribution in [0.4, 0.5) is 0 Å². The number of carboxylic acid groups (broad SMARTS) is 1. The highest BCUT2D eigenvalue weighted by molar-refractivity contribution is 5.98. The lowest BCUT2D eigenvalue weighted by molar-refractivity contribution is 0.0696. The number of aryl methyl sites for hydroxylation is 1. The van der Waals surface area contributed by atoms with Crippen molar-refractivity contribution in [3.8, 4) is 11.5 Å². The van der Waals surface area contributed by atoms with Crippen molar-refractivity contribution < 1.29 is 24.2 Å². The third-order valence-corrected chi connectivity index (χ3v) is 3.84. The van der Waals surface area contributed by atoms with Crippen molar-refractivity contribution in [2.45, 2.75) is 19.9 Å². The number of nitrogens with one attached hydrogen (secondary N) is 1. The van der Waals surface area contributed by atoms with Crippen LogP contribution in [-0.2, 0) is 0 Å². The van der Waals surface area contributed by atoms with Crippen molar-refractivity contribution >= 4 is 11.9 Å². The third-order valence-electron chi connectivity index (χ3n) is 3.84. The van der Waals surface area contributed by atoms with Gasteiger partial charge < -0.3 is 19.9 Å². The van der Waals surface area contributed by atoms with Gasteiger partial charge in [0.05, 0.1) is 25.8 Å². The molecular weight excluding hydrogens is 322 g/mol. The molecule has 0 bridgehead atoms. The van der Waals surface area contributed by atoms with E-state index in [0.29, 0.717) is 22.6 Å². The number of benzene rings is 2. The standard InChI is InChI=1S/C19H21NO5/c1-11-7-13(9-14(8-11)19(22)23)18(21)20-12(2)16-10-15(24-3)5-6-17(16)25-4/h5-10,12H,1-4H3,(H,20,21)(H,22,23). The van der Waals surface area contributed by atoms with Gasteiger partial charge in [-0.3, -0.25) is 4.79 Å². The zero-order valence-electron chi connectivity index (χ0n) is 14.6. The first-order chi connectivity index (χ1) is 11.8. The van der Waals surface area contributed by atoms with Crippen LogP contribution >= 0.6 is 0 Å². The minimum absolute atomic E-state index is 0.0803. The number of rotatable bonds is 6. The molecule has 0 aliphatic heterocycles. The maximum Gasteiger partial charge on any atom is 0.335 e. The van der Waals surface area contributed by atoms with E-state index in [1.54, 1.807) is 45.4 Å². The van der Waals surface area contributed by atoms with E-state index in [2.05, 4.69) is 5.32 Å². The Morgan fingerprint density at radius 2 is 1.72 bits per heavy atom. The largest absolute Gasteiger partial charge is 0.497 e. The predicted octanol–water partition coefficient (Wildman–Crippen LogP) is 3.20. The Morgan fingerprint density at radius 1 is 1.04 bits per heavy atom. The van der Waals surface area contributed by atoms with Crippen molar-refractivity contribution in [3.05, 3.63) is 58.7 Å². The number of hydrogen-bond acceptors (Lipinski definition) is 4. The number of amides is 1. The summed E-state index contributed by atoms with van der Waals surface area (Å²) >= 11 is 0. The zero-order valence-corrected chi connectivity index (χ0v) is 14.6. The third kappa shape index (κ3) is 4.29. The predicted molar refractivity (Wildman–Crippen MR) is 93.6 cm³/mol. The second-order valence-corrected chi connectivity index (χ2v) is 5.70. The monoisotopic (exact) mass is 343 g/mol. The molecule has 132 valence electrons. The van der Waals surface area contributed by atoms with Crippen LogP contribution in [0.15, 0.2) is 36.4 Å². The van der Waals surface area contributed by atoms with Crippen molar-refractivity contribution in [1.82, 2.24) is 5.32 Å². The Bertz CT molecular complexity index is 800. The van der Waals surface area contributed by atoms with E-state index in [-0.39, 0.29) is 17.5 Å². The van der Waals surface area contributed by atoms with Gasteiger partial charge in [0.1, 0.15) is 11.5 Å². The Hall–Kier alpha value is -3.02. The summed E-state index contributed by atoms with van der Waals surface area (Å²) in [5.74, 6) is -0.145. The van der Waals surface area contributed by atoms with Gasteiger partial charge in [-0.2, -0.15) is 0 Å². The topological polar surface area (TPSA) is 84.9 Å². The Morgan fingerprint density at radius 3 is 2.32 bits per heavy atom. The second kappa shape index (κ2) is 7.70. The van der Waals surface area contributed by atoms with Gasteiger partial charge in [0.15, 0.2) is 0 Å². The molecule has 1 amide bonds. The molecule has 6 nitrogen and oxygen atoms in total. The molecule has 0 saturated carbocycles. The number of methoxy groups -OCH3 is 2. The van der Waals surface area contributed by atoms with Crippen LogP contribution in [0, 0.1) is 6.92 Å². The van der Waals surface area contributed by atoms with Crippen LogP contribution in [0.1, 0.15) is 44.8 Å². The summed E-state index contributed by atoms with van der Waals surface area (Å²) in [6, 6.07) is 9.52. The van der Waals surface area contributed by atoms with Gasteiger partial charge >= 0.3 is 5.97 Å². The van der Waals surface area contributed by atoms with Gasteiger partial charge in [-0.25, -0.2) is 4.79 Å². The summed E-state index contributed by atoms with van der Waals surface area (Å²) in [6.07, 6.45) is 0. The van der Waals surface area contributed by atoms with Gasteiger partial charge in [0.25, 0.3) is 5.91 Å². The Balaban J connectivity index is 2.27. The molecule has 0 aliphatic rings. The molecule has 2 aromatic carbocycles. The molecule has 25 heavy (non-hydrogen) atoms. The van der Waals surface area contributed by atoms with E-state index in [1.165, 1.54) is 12.1 Å². The lowest BCUT2D eigenvalue weighted by Crippen LogP contribution is -2.27. The summed E-state index contributed by atoms with van der Waals surface area (Å²) in [5, 5.41) is 12.0. The highest BCUT2D eigenvalue weighted by atomic mass is 16.5. The van der Waals surface area contributed by atoms with Gasteiger partial charge in [-0.1, -0.05) is 0 Å². The molecule has 0 aromatic heterocycles. The minimum atomic E-state index is -1.07. The number of carboxylic acids is 1. The fraction of sp³-hybridized carbons (Fsp3) is 0.263. The second-order valence-electron chi connectivity index (χ2n) is 5.70. The van der Waals surface area contributed by atoms with Crippen LogP contribution < -0.4 is 14.8 Å². The van der Waals surface area contributed by atoms with Gasteiger partial charge in [-0.05, 0) is 55.8 Å². The highest BCUT2D eigenvalue weighted by Gasteiger charge is 2.17. The zero-order chi connectivity index (χ0) is 18.6. The van der Waals surface area contributed by atoms with E-state index >= 15 is 0 Å². The molecule has 1 unspecified atom stereocenters. The van der Waals surface area contributed by atoms with E-state index in [0.717, 1.165) is 5.56 Å². The molecular formula is C19H21NO5. The van der Waals surface area contributed by atoms with Crippen LogP contribution in [0.5, 0.6) is 11.5 Å². The maximum absolute atomic E-state index is 12.5. The average Bonchev–Trinajstić information content (AvgIpc) is 2.60. The van der Waals surface area contributed by atoms with Gasteiger partial charge in [0, 0.05) is 11.1 Å². The van der Waals surface area contributed by atoms with E-state index in [9.17, 15) is 9.59 Å². The Kier molecular flexibility index (Phi) is 5.64. The highest BCUT2D eigenvalue weighted by Crippen LogP contribution is 2.29. The molecule has 0 fully saturated rings. The first kappa shape index (κ1) is 18.3. The lowest BCUT2D eigenvalue weighted by atomic mass is 10.0. The van der Waals surface area contributed by atoms with E-state index < -0.39 is 5.97 Å². The van der Waals surface area contributed by atoms with E-state index in [1.807, 2.05) is 6.92 Å². The van der Waals surface area contributed by atoms with Crippen molar-refractivity contribution in [3.63, 3.8) is 0 Å². The van der Waals surface area contributed by atoms with E-state index in [4.69, 9.17) is 14.6 Å². The molecule has 0 aliphatic carbocycles. The normalized spacial score (nSPS) is 11.5. The number of hydrogen-bond donors (Lipinski definition) is 2. The summed E-state index contributed by atoms with van der Waals surface area (Å²) in [7, 11) is 3.12. The van der Waals surface area contributed by atoms with Crippen molar-refractivity contribution in [2.24, 2.45) is 0 Å². The molecule has 0 heterocycles. The van der Waals surface area contributed by atoms with Crippen LogP contribution in [0.3, 0.4) is 0 Å². The molecule has 6 heteroatoms. The first-order valence-electron chi connectivity index (χ1n) is 7.73. The average molecular weight is 343 g/mol. The number of carbonyl (C=O) groups is 2. The smallest absolute Gasteiger partial charge is 0.335 e. The van der Waals surface area contributed by atoms with Gasteiger partial charge in [0.2, 0.25) is 0 Å². The fourth-order valence-electron chi connectivity index (χ4n) is 2.57.